The van der Waals surface area contributed by atoms with Crippen LogP contribution in [0.1, 0.15) is 34.9 Å². The number of carbonyl (C=O) groups excluding carboxylic acids is 3. The summed E-state index contributed by atoms with van der Waals surface area (Å²) in [5.41, 5.74) is 1.85. The van der Waals surface area contributed by atoms with Crippen LogP contribution in [0.2, 0.25) is 0 Å². The molecule has 0 unspecified atom stereocenters. The van der Waals surface area contributed by atoms with Crippen molar-refractivity contribution >= 4 is 17.7 Å². The molecule has 33 heavy (non-hydrogen) atoms. The smallest absolute Gasteiger partial charge is 0.287 e. The minimum atomic E-state index is -0.681. The fourth-order valence-electron chi connectivity index (χ4n) is 3.72. The highest BCUT2D eigenvalue weighted by molar-refractivity contribution is 5.96. The molecule has 3 aromatic rings. The van der Waals surface area contributed by atoms with Gasteiger partial charge < -0.3 is 19.5 Å². The Morgan fingerprint density at radius 3 is 2.48 bits per heavy atom. The molecule has 4 heterocycles. The normalized spacial score (nSPS) is 14.9. The summed E-state index contributed by atoms with van der Waals surface area (Å²) in [4.78, 5) is 45.8. The molecule has 0 radical (unpaired) electrons. The van der Waals surface area contributed by atoms with Gasteiger partial charge in [-0.3, -0.25) is 24.5 Å². The molecular weight excluding hydrogens is 424 g/mol. The highest BCUT2D eigenvalue weighted by atomic mass is 16.3. The maximum atomic E-state index is 13.1. The second-order valence-corrected chi connectivity index (χ2v) is 8.20. The summed E-state index contributed by atoms with van der Waals surface area (Å²) in [6.07, 6.45) is 4.77. The van der Waals surface area contributed by atoms with E-state index in [1.165, 1.54) is 6.26 Å². The lowest BCUT2D eigenvalue weighted by Crippen LogP contribution is -2.57. The van der Waals surface area contributed by atoms with Gasteiger partial charge >= 0.3 is 0 Å². The SMILES string of the molecule is CC(C)[C@@H](NC(=O)c1ccco1)C(=O)N1CCN(C(=O)c2cc(-c3cccnc3)n[nH]2)CC1. The topological polar surface area (TPSA) is 124 Å². The van der Waals surface area contributed by atoms with Gasteiger partial charge in [0.15, 0.2) is 5.76 Å². The van der Waals surface area contributed by atoms with Crippen molar-refractivity contribution in [3.05, 3.63) is 60.4 Å². The number of nitrogens with one attached hydrogen (secondary N) is 2. The van der Waals surface area contributed by atoms with Crippen LogP contribution >= 0.6 is 0 Å². The highest BCUT2D eigenvalue weighted by Gasteiger charge is 2.32. The third kappa shape index (κ3) is 4.94. The van der Waals surface area contributed by atoms with Crippen LogP contribution < -0.4 is 5.32 Å². The summed E-state index contributed by atoms with van der Waals surface area (Å²) in [7, 11) is 0. The van der Waals surface area contributed by atoms with Crippen LogP contribution in [-0.2, 0) is 4.79 Å². The molecule has 0 aromatic carbocycles. The van der Waals surface area contributed by atoms with Gasteiger partial charge in [-0.1, -0.05) is 13.8 Å². The summed E-state index contributed by atoms with van der Waals surface area (Å²) in [5.74, 6) is -0.709. The van der Waals surface area contributed by atoms with Gasteiger partial charge in [-0.25, -0.2) is 0 Å². The number of carbonyl (C=O) groups is 3. The van der Waals surface area contributed by atoms with Crippen LogP contribution in [0.25, 0.3) is 11.3 Å². The Morgan fingerprint density at radius 1 is 1.09 bits per heavy atom. The Hall–Kier alpha value is -3.95. The van der Waals surface area contributed by atoms with E-state index in [2.05, 4.69) is 20.5 Å². The van der Waals surface area contributed by atoms with E-state index in [0.29, 0.717) is 37.6 Å². The molecule has 2 N–H and O–H groups in total. The van der Waals surface area contributed by atoms with E-state index in [1.54, 1.807) is 40.4 Å². The van der Waals surface area contributed by atoms with Crippen molar-refractivity contribution in [3.63, 3.8) is 0 Å². The largest absolute Gasteiger partial charge is 0.459 e. The Labute approximate surface area is 191 Å². The predicted octanol–water partition coefficient (Wildman–Crippen LogP) is 1.80. The number of furan rings is 1. The average molecular weight is 450 g/mol. The van der Waals surface area contributed by atoms with Gasteiger partial charge in [0.05, 0.1) is 12.0 Å². The first-order valence-corrected chi connectivity index (χ1v) is 10.8. The number of amides is 3. The summed E-state index contributed by atoms with van der Waals surface area (Å²) in [5, 5.41) is 9.78. The van der Waals surface area contributed by atoms with Gasteiger partial charge in [-0.05, 0) is 36.2 Å². The maximum Gasteiger partial charge on any atom is 0.287 e. The first kappa shape index (κ1) is 22.3. The number of hydrogen-bond acceptors (Lipinski definition) is 6. The highest BCUT2D eigenvalue weighted by Crippen LogP contribution is 2.18. The van der Waals surface area contributed by atoms with E-state index >= 15 is 0 Å². The molecule has 3 amide bonds. The Bertz CT molecular complexity index is 1100. The zero-order valence-electron chi connectivity index (χ0n) is 18.5. The number of nitrogens with zero attached hydrogens (tertiary/aromatic N) is 4. The van der Waals surface area contributed by atoms with Gasteiger partial charge in [0.25, 0.3) is 11.8 Å². The van der Waals surface area contributed by atoms with Gasteiger partial charge in [0.1, 0.15) is 11.7 Å². The van der Waals surface area contributed by atoms with Crippen LogP contribution in [0.4, 0.5) is 0 Å². The number of aromatic nitrogens is 3. The molecule has 0 spiro atoms. The van der Waals surface area contributed by atoms with Crippen molar-refractivity contribution in [3.8, 4) is 11.3 Å². The number of H-pyrrole nitrogens is 1. The number of piperazine rings is 1. The molecule has 172 valence electrons. The van der Waals surface area contributed by atoms with Gasteiger partial charge in [-0.15, -0.1) is 0 Å². The molecule has 1 aliphatic heterocycles. The fourth-order valence-corrected chi connectivity index (χ4v) is 3.72. The molecule has 10 nitrogen and oxygen atoms in total. The lowest BCUT2D eigenvalue weighted by atomic mass is 10.0. The molecule has 1 saturated heterocycles. The minimum Gasteiger partial charge on any atom is -0.459 e. The fraction of sp³-hybridized carbons (Fsp3) is 0.348. The van der Waals surface area contributed by atoms with E-state index in [9.17, 15) is 14.4 Å². The number of pyridine rings is 1. The molecule has 1 atom stereocenters. The van der Waals surface area contributed by atoms with Gasteiger partial charge in [0.2, 0.25) is 5.91 Å². The van der Waals surface area contributed by atoms with Crippen molar-refractivity contribution in [2.24, 2.45) is 5.92 Å². The first-order chi connectivity index (χ1) is 15.9. The maximum absolute atomic E-state index is 13.1. The zero-order chi connectivity index (χ0) is 23.4. The van der Waals surface area contributed by atoms with E-state index in [4.69, 9.17) is 4.42 Å². The molecule has 1 aliphatic rings. The standard InChI is InChI=1S/C23H26N6O4/c1-15(2)20(25-21(30)19-6-4-12-33-19)23(32)29-10-8-28(9-11-29)22(31)18-13-17(26-27-18)16-5-3-7-24-14-16/h3-7,12-15,20H,8-11H2,1-2H3,(H,25,30)(H,26,27)/t20-/m1/s1. The zero-order valence-corrected chi connectivity index (χ0v) is 18.5. The second-order valence-electron chi connectivity index (χ2n) is 8.20. The molecule has 0 saturated carbocycles. The van der Waals surface area contributed by atoms with Crippen LogP contribution in [0.3, 0.4) is 0 Å². The number of rotatable bonds is 6. The van der Waals surface area contributed by atoms with Gasteiger partial charge in [-0.2, -0.15) is 5.10 Å². The molecule has 0 aliphatic carbocycles. The average Bonchev–Trinajstić information content (AvgIpc) is 3.55. The van der Waals surface area contributed by atoms with Crippen LogP contribution in [0.15, 0.2) is 53.4 Å². The number of hydrogen-bond donors (Lipinski definition) is 2. The van der Waals surface area contributed by atoms with Crippen LogP contribution in [-0.4, -0.2) is 74.9 Å². The van der Waals surface area contributed by atoms with Crippen molar-refractivity contribution in [1.29, 1.82) is 0 Å². The molecular formula is C23H26N6O4. The summed E-state index contributed by atoms with van der Waals surface area (Å²) in [6, 6.07) is 7.88. The summed E-state index contributed by atoms with van der Waals surface area (Å²) >= 11 is 0. The molecule has 3 aromatic heterocycles. The lowest BCUT2D eigenvalue weighted by molar-refractivity contribution is -0.135. The van der Waals surface area contributed by atoms with Gasteiger partial charge in [0, 0.05) is 44.1 Å². The summed E-state index contributed by atoms with van der Waals surface area (Å²) < 4.78 is 5.12. The second kappa shape index (κ2) is 9.68. The lowest BCUT2D eigenvalue weighted by Gasteiger charge is -2.37. The quantitative estimate of drug-likeness (QED) is 0.590. The third-order valence-electron chi connectivity index (χ3n) is 5.61. The molecule has 4 rings (SSSR count). The third-order valence-corrected chi connectivity index (χ3v) is 5.61. The summed E-state index contributed by atoms with van der Waals surface area (Å²) in [6.45, 7) is 5.30. The van der Waals surface area contributed by atoms with Crippen molar-refractivity contribution in [2.75, 3.05) is 26.2 Å². The van der Waals surface area contributed by atoms with Crippen LogP contribution in [0, 0.1) is 5.92 Å². The van der Waals surface area contributed by atoms with Crippen molar-refractivity contribution < 1.29 is 18.8 Å². The predicted molar refractivity (Wildman–Crippen MR) is 119 cm³/mol. The Balaban J connectivity index is 1.35. The number of aromatic amines is 1. The van der Waals surface area contributed by atoms with E-state index in [1.807, 2.05) is 26.0 Å². The molecule has 1 fully saturated rings. The van der Waals surface area contributed by atoms with E-state index in [-0.39, 0.29) is 23.5 Å². The van der Waals surface area contributed by atoms with Crippen molar-refractivity contribution in [1.82, 2.24) is 30.3 Å². The molecule has 10 heteroatoms. The van der Waals surface area contributed by atoms with Crippen molar-refractivity contribution in [2.45, 2.75) is 19.9 Å². The van der Waals surface area contributed by atoms with Crippen LogP contribution in [0.5, 0.6) is 0 Å². The first-order valence-electron chi connectivity index (χ1n) is 10.8. The van der Waals surface area contributed by atoms with E-state index in [0.717, 1.165) is 5.56 Å². The Kier molecular flexibility index (Phi) is 6.53. The Morgan fingerprint density at radius 2 is 1.85 bits per heavy atom. The van der Waals surface area contributed by atoms with E-state index < -0.39 is 11.9 Å². The monoisotopic (exact) mass is 450 g/mol. The minimum absolute atomic E-state index is 0.105. The molecule has 0 bridgehead atoms.